The zero-order valence-corrected chi connectivity index (χ0v) is 11.4. The van der Waals surface area contributed by atoms with Gasteiger partial charge in [0.05, 0.1) is 16.3 Å². The van der Waals surface area contributed by atoms with E-state index in [4.69, 9.17) is 11.6 Å². The van der Waals surface area contributed by atoms with Crippen molar-refractivity contribution in [2.24, 2.45) is 0 Å². The molecule has 1 aromatic rings. The summed E-state index contributed by atoms with van der Waals surface area (Å²) in [6.07, 6.45) is -3.48. The highest BCUT2D eigenvalue weighted by molar-refractivity contribution is 6.33. The van der Waals surface area contributed by atoms with Crippen LogP contribution >= 0.6 is 11.6 Å². The fourth-order valence-electron chi connectivity index (χ4n) is 2.35. The lowest BCUT2D eigenvalue weighted by atomic mass is 10.1. The van der Waals surface area contributed by atoms with Gasteiger partial charge in [-0.05, 0) is 24.6 Å². The van der Waals surface area contributed by atoms with Crippen LogP contribution in [0.1, 0.15) is 18.9 Å². The molecule has 2 nitrogen and oxygen atoms in total. The van der Waals surface area contributed by atoms with Gasteiger partial charge in [-0.25, -0.2) is 0 Å². The van der Waals surface area contributed by atoms with Crippen molar-refractivity contribution in [2.45, 2.75) is 25.6 Å². The lowest BCUT2D eigenvalue weighted by molar-refractivity contribution is -0.137. The van der Waals surface area contributed by atoms with Crippen molar-refractivity contribution < 1.29 is 13.2 Å². The number of piperazine rings is 1. The molecule has 1 fully saturated rings. The standard InChI is InChI=1S/C13H16ClF3N2/c1-2-10-8-18-5-6-19(10)12-7-9(13(15,16)17)3-4-11(12)14/h3-4,7,10,18H,2,5-6,8H2,1H3. The van der Waals surface area contributed by atoms with Crippen molar-refractivity contribution in [3.63, 3.8) is 0 Å². The first-order valence-corrected chi connectivity index (χ1v) is 6.65. The van der Waals surface area contributed by atoms with Gasteiger partial charge in [-0.15, -0.1) is 0 Å². The normalized spacial score (nSPS) is 20.7. The summed E-state index contributed by atoms with van der Waals surface area (Å²) in [5, 5.41) is 3.61. The number of nitrogens with zero attached hydrogens (tertiary/aromatic N) is 1. The molecule has 0 amide bonds. The molecule has 19 heavy (non-hydrogen) atoms. The number of anilines is 1. The van der Waals surface area contributed by atoms with Crippen molar-refractivity contribution in [1.82, 2.24) is 5.32 Å². The Kier molecular flexibility index (Phi) is 4.26. The Hall–Kier alpha value is -0.940. The molecule has 0 spiro atoms. The molecule has 0 bridgehead atoms. The van der Waals surface area contributed by atoms with Crippen LogP contribution in [-0.4, -0.2) is 25.7 Å². The lowest BCUT2D eigenvalue weighted by Crippen LogP contribution is -2.51. The van der Waals surface area contributed by atoms with Gasteiger partial charge in [0, 0.05) is 25.7 Å². The SMILES string of the molecule is CCC1CNCCN1c1cc(C(F)(F)F)ccc1Cl. The summed E-state index contributed by atoms with van der Waals surface area (Å²) in [5.74, 6) is 0. The highest BCUT2D eigenvalue weighted by atomic mass is 35.5. The molecule has 1 aliphatic heterocycles. The molecule has 0 saturated carbocycles. The summed E-state index contributed by atoms with van der Waals surface area (Å²) in [7, 11) is 0. The Labute approximate surface area is 115 Å². The first kappa shape index (κ1) is 14.5. The van der Waals surface area contributed by atoms with Crippen molar-refractivity contribution in [2.75, 3.05) is 24.5 Å². The minimum Gasteiger partial charge on any atom is -0.365 e. The van der Waals surface area contributed by atoms with E-state index in [1.54, 1.807) is 0 Å². The average Bonchev–Trinajstić information content (AvgIpc) is 2.38. The van der Waals surface area contributed by atoms with Gasteiger partial charge in [0.15, 0.2) is 0 Å². The highest BCUT2D eigenvalue weighted by Crippen LogP contribution is 2.36. The smallest absolute Gasteiger partial charge is 0.365 e. The van der Waals surface area contributed by atoms with Crippen LogP contribution in [-0.2, 0) is 6.18 Å². The molecule has 2 rings (SSSR count). The van der Waals surface area contributed by atoms with Gasteiger partial charge in [0.1, 0.15) is 0 Å². The minimum absolute atomic E-state index is 0.176. The van der Waals surface area contributed by atoms with Crippen LogP contribution in [0.5, 0.6) is 0 Å². The molecule has 1 atom stereocenters. The molecule has 1 N–H and O–H groups in total. The Morgan fingerprint density at radius 3 is 2.79 bits per heavy atom. The summed E-state index contributed by atoms with van der Waals surface area (Å²) >= 11 is 6.07. The second kappa shape index (κ2) is 5.59. The van der Waals surface area contributed by atoms with Crippen LogP contribution in [0.4, 0.5) is 18.9 Å². The fraction of sp³-hybridized carbons (Fsp3) is 0.538. The van der Waals surface area contributed by atoms with Crippen molar-refractivity contribution >= 4 is 17.3 Å². The van der Waals surface area contributed by atoms with Gasteiger partial charge < -0.3 is 10.2 Å². The third-order valence-corrected chi connectivity index (χ3v) is 3.72. The van der Waals surface area contributed by atoms with Crippen LogP contribution in [0.2, 0.25) is 5.02 Å². The predicted octanol–water partition coefficient (Wildman–Crippen LogP) is 3.55. The molecule has 1 aromatic carbocycles. The maximum Gasteiger partial charge on any atom is 0.416 e. The maximum absolute atomic E-state index is 12.8. The van der Waals surface area contributed by atoms with Crippen LogP contribution in [0.25, 0.3) is 0 Å². The average molecular weight is 293 g/mol. The number of benzene rings is 1. The van der Waals surface area contributed by atoms with Crippen molar-refractivity contribution in [3.8, 4) is 0 Å². The van der Waals surface area contributed by atoms with Gasteiger partial charge in [-0.1, -0.05) is 18.5 Å². The Balaban J connectivity index is 2.37. The molecule has 1 saturated heterocycles. The fourth-order valence-corrected chi connectivity index (χ4v) is 2.58. The van der Waals surface area contributed by atoms with Crippen LogP contribution in [0, 0.1) is 0 Å². The molecule has 0 aliphatic carbocycles. The van der Waals surface area contributed by atoms with E-state index >= 15 is 0 Å². The molecule has 0 radical (unpaired) electrons. The third kappa shape index (κ3) is 3.15. The summed E-state index contributed by atoms with van der Waals surface area (Å²) in [5.41, 5.74) is -0.176. The molecular formula is C13H16ClF3N2. The van der Waals surface area contributed by atoms with E-state index in [0.29, 0.717) is 17.3 Å². The Morgan fingerprint density at radius 2 is 2.16 bits per heavy atom. The van der Waals surface area contributed by atoms with E-state index in [0.717, 1.165) is 31.6 Å². The Morgan fingerprint density at radius 1 is 1.42 bits per heavy atom. The van der Waals surface area contributed by atoms with E-state index in [1.165, 1.54) is 6.07 Å². The van der Waals surface area contributed by atoms with Crippen molar-refractivity contribution in [3.05, 3.63) is 28.8 Å². The predicted molar refractivity (Wildman–Crippen MR) is 70.7 cm³/mol. The van der Waals surface area contributed by atoms with E-state index in [-0.39, 0.29) is 6.04 Å². The van der Waals surface area contributed by atoms with Gasteiger partial charge in [0.2, 0.25) is 0 Å². The number of rotatable bonds is 2. The largest absolute Gasteiger partial charge is 0.416 e. The monoisotopic (exact) mass is 292 g/mol. The molecule has 106 valence electrons. The maximum atomic E-state index is 12.8. The quantitative estimate of drug-likeness (QED) is 0.897. The van der Waals surface area contributed by atoms with Gasteiger partial charge >= 0.3 is 6.18 Å². The number of nitrogens with one attached hydrogen (secondary N) is 1. The number of hydrogen-bond donors (Lipinski definition) is 1. The number of halogens is 4. The van der Waals surface area contributed by atoms with Crippen LogP contribution < -0.4 is 10.2 Å². The number of alkyl halides is 3. The van der Waals surface area contributed by atoms with E-state index < -0.39 is 11.7 Å². The molecule has 0 aromatic heterocycles. The van der Waals surface area contributed by atoms with Crippen LogP contribution in [0.3, 0.4) is 0 Å². The Bertz CT molecular complexity index is 448. The van der Waals surface area contributed by atoms with E-state index in [2.05, 4.69) is 5.32 Å². The van der Waals surface area contributed by atoms with E-state index in [1.807, 2.05) is 11.8 Å². The second-order valence-electron chi connectivity index (χ2n) is 4.62. The van der Waals surface area contributed by atoms with Gasteiger partial charge in [0.25, 0.3) is 0 Å². The molecule has 6 heteroatoms. The topological polar surface area (TPSA) is 15.3 Å². The van der Waals surface area contributed by atoms with Crippen LogP contribution in [0.15, 0.2) is 18.2 Å². The van der Waals surface area contributed by atoms with Gasteiger partial charge in [-0.3, -0.25) is 0 Å². The highest BCUT2D eigenvalue weighted by Gasteiger charge is 2.32. The third-order valence-electron chi connectivity index (χ3n) is 3.40. The summed E-state index contributed by atoms with van der Waals surface area (Å²) < 4.78 is 38.3. The molecule has 1 heterocycles. The summed E-state index contributed by atoms with van der Waals surface area (Å²) in [6, 6.07) is 3.68. The van der Waals surface area contributed by atoms with Gasteiger partial charge in [-0.2, -0.15) is 13.2 Å². The lowest BCUT2D eigenvalue weighted by Gasteiger charge is -2.38. The summed E-state index contributed by atoms with van der Waals surface area (Å²) in [4.78, 5) is 1.97. The molecular weight excluding hydrogens is 277 g/mol. The summed E-state index contributed by atoms with van der Waals surface area (Å²) in [6.45, 7) is 4.21. The molecule has 1 aliphatic rings. The zero-order chi connectivity index (χ0) is 14.0. The first-order valence-electron chi connectivity index (χ1n) is 6.27. The minimum atomic E-state index is -4.34. The number of hydrogen-bond acceptors (Lipinski definition) is 2. The first-order chi connectivity index (χ1) is 8.93. The zero-order valence-electron chi connectivity index (χ0n) is 10.6. The van der Waals surface area contributed by atoms with Crippen molar-refractivity contribution in [1.29, 1.82) is 0 Å². The second-order valence-corrected chi connectivity index (χ2v) is 5.03. The van der Waals surface area contributed by atoms with E-state index in [9.17, 15) is 13.2 Å². The molecule has 1 unspecified atom stereocenters.